The summed E-state index contributed by atoms with van der Waals surface area (Å²) in [4.78, 5) is 19.8. The molecule has 3 rings (SSSR count). The first-order chi connectivity index (χ1) is 12.2. The highest BCUT2D eigenvalue weighted by Gasteiger charge is 2.09. The van der Waals surface area contributed by atoms with E-state index < -0.39 is 0 Å². The summed E-state index contributed by atoms with van der Waals surface area (Å²) in [5, 5.41) is 3.14. The van der Waals surface area contributed by atoms with Crippen molar-refractivity contribution in [2.45, 2.75) is 20.0 Å². The van der Waals surface area contributed by atoms with Crippen molar-refractivity contribution in [1.82, 2.24) is 9.97 Å². The lowest BCUT2D eigenvalue weighted by molar-refractivity contribution is 0.185. The quantitative estimate of drug-likeness (QED) is 0.723. The van der Waals surface area contributed by atoms with Crippen LogP contribution in [0.4, 0.5) is 11.6 Å². The summed E-state index contributed by atoms with van der Waals surface area (Å²) in [7, 11) is 1.67. The number of nitrogens with one attached hydrogen (secondary N) is 2. The van der Waals surface area contributed by atoms with Gasteiger partial charge in [-0.3, -0.25) is 9.78 Å². The molecule has 0 spiro atoms. The van der Waals surface area contributed by atoms with Gasteiger partial charge in [0, 0.05) is 24.8 Å². The van der Waals surface area contributed by atoms with Crippen molar-refractivity contribution in [1.29, 1.82) is 0 Å². The number of benzene rings is 2. The molecular weight excluding hydrogens is 314 g/mol. The number of ether oxygens (including phenoxy) is 1. The molecule has 5 nitrogen and oxygen atoms in total. The normalized spacial score (nSPS) is 10.6. The van der Waals surface area contributed by atoms with Crippen LogP contribution in [0.25, 0.3) is 0 Å². The average Bonchev–Trinajstić information content (AvgIpc) is 2.61. The number of nitrogens with zero attached hydrogens (tertiary/aromatic N) is 1. The average molecular weight is 335 g/mol. The van der Waals surface area contributed by atoms with Gasteiger partial charge in [-0.05, 0) is 30.2 Å². The molecule has 0 atom stereocenters. The lowest BCUT2D eigenvalue weighted by Gasteiger charge is -2.10. The first-order valence-electron chi connectivity index (χ1n) is 8.14. The molecule has 0 amide bonds. The summed E-state index contributed by atoms with van der Waals surface area (Å²) < 4.78 is 5.10. The van der Waals surface area contributed by atoms with Gasteiger partial charge >= 0.3 is 0 Å². The maximum atomic E-state index is 12.4. The van der Waals surface area contributed by atoms with Crippen LogP contribution in [0, 0.1) is 6.92 Å². The van der Waals surface area contributed by atoms with E-state index in [1.165, 1.54) is 0 Å². The number of hydrogen-bond donors (Lipinski definition) is 2. The zero-order chi connectivity index (χ0) is 17.6. The van der Waals surface area contributed by atoms with E-state index in [4.69, 9.17) is 4.74 Å². The Hall–Kier alpha value is -2.92. The van der Waals surface area contributed by atoms with Crippen LogP contribution in [-0.4, -0.2) is 17.1 Å². The molecule has 0 saturated heterocycles. The molecule has 0 fully saturated rings. The number of H-pyrrole nitrogens is 1. The number of aromatic amines is 1. The maximum absolute atomic E-state index is 12.4. The van der Waals surface area contributed by atoms with Gasteiger partial charge in [0.15, 0.2) is 0 Å². The predicted octanol–water partition coefficient (Wildman–Crippen LogP) is 3.56. The molecule has 0 aliphatic rings. The van der Waals surface area contributed by atoms with Gasteiger partial charge in [-0.15, -0.1) is 0 Å². The SMILES string of the molecule is COCc1ccc(Nc2nc(C)c(Cc3ccccc3)c(=O)[nH]2)cc1. The number of aromatic nitrogens is 2. The minimum Gasteiger partial charge on any atom is -0.380 e. The van der Waals surface area contributed by atoms with Crippen LogP contribution < -0.4 is 10.9 Å². The van der Waals surface area contributed by atoms with Gasteiger partial charge in [0.25, 0.3) is 5.56 Å². The van der Waals surface area contributed by atoms with Crippen LogP contribution in [0.15, 0.2) is 59.4 Å². The molecule has 2 N–H and O–H groups in total. The largest absolute Gasteiger partial charge is 0.380 e. The van der Waals surface area contributed by atoms with Crippen molar-refractivity contribution in [3.63, 3.8) is 0 Å². The highest BCUT2D eigenvalue weighted by atomic mass is 16.5. The van der Waals surface area contributed by atoms with E-state index in [1.54, 1.807) is 7.11 Å². The number of aryl methyl sites for hydroxylation is 1. The molecule has 5 heteroatoms. The smallest absolute Gasteiger partial charge is 0.256 e. The van der Waals surface area contributed by atoms with E-state index in [1.807, 2.05) is 61.5 Å². The second-order valence-electron chi connectivity index (χ2n) is 5.90. The Morgan fingerprint density at radius 1 is 1.04 bits per heavy atom. The summed E-state index contributed by atoms with van der Waals surface area (Å²) in [5.41, 5.74) is 4.34. The minimum absolute atomic E-state index is 0.116. The van der Waals surface area contributed by atoms with Crippen LogP contribution >= 0.6 is 0 Å². The Labute approximate surface area is 146 Å². The molecule has 1 heterocycles. The van der Waals surface area contributed by atoms with Crippen molar-refractivity contribution in [2.75, 3.05) is 12.4 Å². The molecule has 3 aromatic rings. The van der Waals surface area contributed by atoms with E-state index in [-0.39, 0.29) is 5.56 Å². The Morgan fingerprint density at radius 2 is 1.76 bits per heavy atom. The fourth-order valence-corrected chi connectivity index (χ4v) is 2.67. The molecule has 1 aromatic heterocycles. The number of hydrogen-bond acceptors (Lipinski definition) is 4. The fourth-order valence-electron chi connectivity index (χ4n) is 2.67. The van der Waals surface area contributed by atoms with Gasteiger partial charge in [0.2, 0.25) is 5.95 Å². The van der Waals surface area contributed by atoms with E-state index in [9.17, 15) is 4.79 Å². The standard InChI is InChI=1S/C20H21N3O2/c1-14-18(12-15-6-4-3-5-7-15)19(24)23-20(21-14)22-17-10-8-16(9-11-17)13-25-2/h3-11H,12-13H2,1-2H3,(H2,21,22,23,24). The molecule has 0 aliphatic carbocycles. The monoisotopic (exact) mass is 335 g/mol. The van der Waals surface area contributed by atoms with Crippen LogP contribution in [0.2, 0.25) is 0 Å². The fraction of sp³-hybridized carbons (Fsp3) is 0.200. The molecule has 2 aromatic carbocycles. The van der Waals surface area contributed by atoms with Gasteiger partial charge in [-0.1, -0.05) is 42.5 Å². The van der Waals surface area contributed by atoms with Gasteiger partial charge < -0.3 is 10.1 Å². The van der Waals surface area contributed by atoms with Crippen molar-refractivity contribution in [2.24, 2.45) is 0 Å². The Morgan fingerprint density at radius 3 is 2.40 bits per heavy atom. The number of rotatable bonds is 6. The van der Waals surface area contributed by atoms with Crippen LogP contribution in [0.5, 0.6) is 0 Å². The van der Waals surface area contributed by atoms with Crippen LogP contribution in [0.3, 0.4) is 0 Å². The summed E-state index contributed by atoms with van der Waals surface area (Å²) in [6.07, 6.45) is 0.570. The van der Waals surface area contributed by atoms with E-state index in [0.717, 1.165) is 22.5 Å². The first-order valence-corrected chi connectivity index (χ1v) is 8.14. The minimum atomic E-state index is -0.116. The topological polar surface area (TPSA) is 67.0 Å². The lowest BCUT2D eigenvalue weighted by atomic mass is 10.1. The van der Waals surface area contributed by atoms with Gasteiger partial charge in [0.05, 0.1) is 12.3 Å². The van der Waals surface area contributed by atoms with Crippen molar-refractivity contribution < 1.29 is 4.74 Å². The number of methoxy groups -OCH3 is 1. The second-order valence-corrected chi connectivity index (χ2v) is 5.90. The third-order valence-electron chi connectivity index (χ3n) is 3.97. The Bertz CT molecular complexity index is 887. The second kappa shape index (κ2) is 7.77. The van der Waals surface area contributed by atoms with Gasteiger partial charge in [0.1, 0.15) is 0 Å². The third kappa shape index (κ3) is 4.33. The maximum Gasteiger partial charge on any atom is 0.256 e. The molecule has 0 unspecified atom stereocenters. The summed E-state index contributed by atoms with van der Waals surface area (Å²) in [6, 6.07) is 17.7. The van der Waals surface area contributed by atoms with Gasteiger partial charge in [-0.25, -0.2) is 4.98 Å². The summed E-state index contributed by atoms with van der Waals surface area (Å²) in [6.45, 7) is 2.43. The lowest BCUT2D eigenvalue weighted by Crippen LogP contribution is -2.18. The van der Waals surface area contributed by atoms with E-state index >= 15 is 0 Å². The molecule has 25 heavy (non-hydrogen) atoms. The molecule has 0 aliphatic heterocycles. The van der Waals surface area contributed by atoms with Crippen molar-refractivity contribution in [3.05, 3.63) is 87.3 Å². The molecule has 0 bridgehead atoms. The summed E-state index contributed by atoms with van der Waals surface area (Å²) in [5.74, 6) is 0.443. The number of anilines is 2. The van der Waals surface area contributed by atoms with Crippen molar-refractivity contribution in [3.8, 4) is 0 Å². The molecule has 0 saturated carbocycles. The van der Waals surface area contributed by atoms with Crippen molar-refractivity contribution >= 4 is 11.6 Å². The van der Waals surface area contributed by atoms with E-state index in [0.29, 0.717) is 24.5 Å². The predicted molar refractivity (Wildman–Crippen MR) is 99.3 cm³/mol. The Balaban J connectivity index is 1.78. The first kappa shape index (κ1) is 16.9. The van der Waals surface area contributed by atoms with Crippen LogP contribution in [-0.2, 0) is 17.8 Å². The Kier molecular flexibility index (Phi) is 5.26. The zero-order valence-electron chi connectivity index (χ0n) is 14.4. The third-order valence-corrected chi connectivity index (χ3v) is 3.97. The van der Waals surface area contributed by atoms with Crippen LogP contribution in [0.1, 0.15) is 22.4 Å². The zero-order valence-corrected chi connectivity index (χ0v) is 14.4. The highest BCUT2D eigenvalue weighted by Crippen LogP contribution is 2.15. The van der Waals surface area contributed by atoms with E-state index in [2.05, 4.69) is 15.3 Å². The molecule has 128 valence electrons. The summed E-state index contributed by atoms with van der Waals surface area (Å²) >= 11 is 0. The highest BCUT2D eigenvalue weighted by molar-refractivity contribution is 5.53. The van der Waals surface area contributed by atoms with Gasteiger partial charge in [-0.2, -0.15) is 0 Å². The molecular formula is C20H21N3O2. The molecule has 0 radical (unpaired) electrons.